The number of hydrogen-bond acceptors (Lipinski definition) is 5. The van der Waals surface area contributed by atoms with Crippen LogP contribution in [-0.4, -0.2) is 54.6 Å². The highest BCUT2D eigenvalue weighted by molar-refractivity contribution is 6.18. The third kappa shape index (κ3) is 4.03. The number of nitrogens with zero attached hydrogens (tertiary/aromatic N) is 2. The molecule has 2 aliphatic heterocycles. The molecule has 3 aliphatic rings. The first-order valence-corrected chi connectivity index (χ1v) is 11.8. The van der Waals surface area contributed by atoms with Crippen molar-refractivity contribution in [2.24, 2.45) is 5.92 Å². The number of hydrogen-bond donors (Lipinski definition) is 1. The highest BCUT2D eigenvalue weighted by Crippen LogP contribution is 2.43. The van der Waals surface area contributed by atoms with Gasteiger partial charge in [-0.2, -0.15) is 0 Å². The minimum absolute atomic E-state index is 0.0561. The second kappa shape index (κ2) is 9.10. The summed E-state index contributed by atoms with van der Waals surface area (Å²) < 4.78 is 11.4. The largest absolute Gasteiger partial charge is 0.497 e. The lowest BCUT2D eigenvalue weighted by Crippen LogP contribution is -2.65. The number of carbonyl (C=O) groups is 3. The number of ether oxygens (including phenoxy) is 2. The Kier molecular flexibility index (Phi) is 6.00. The number of benzene rings is 2. The third-order valence-electron chi connectivity index (χ3n) is 7.06. The van der Waals surface area contributed by atoms with E-state index in [-0.39, 0.29) is 30.4 Å². The molecule has 2 aromatic carbocycles. The number of nitrogens with one attached hydrogen (secondary N) is 1. The van der Waals surface area contributed by atoms with Gasteiger partial charge in [0, 0.05) is 11.6 Å². The average molecular weight is 464 g/mol. The molecule has 0 radical (unpaired) electrons. The second-order valence-corrected chi connectivity index (χ2v) is 9.23. The molecule has 0 bridgehead atoms. The molecule has 1 N–H and O–H groups in total. The maximum absolute atomic E-state index is 13.7. The topological polar surface area (TPSA) is 88.2 Å². The molecule has 5 rings (SSSR count). The number of rotatable bonds is 5. The Hall–Kier alpha value is -3.39. The van der Waals surface area contributed by atoms with Crippen molar-refractivity contribution in [3.63, 3.8) is 0 Å². The molecule has 0 aromatic heterocycles. The first kappa shape index (κ1) is 22.4. The number of aryl methyl sites for hydroxylation is 1. The number of methoxy groups -OCH3 is 1. The Balaban J connectivity index is 1.43. The Morgan fingerprint density at radius 3 is 2.47 bits per heavy atom. The van der Waals surface area contributed by atoms with Crippen LogP contribution in [0.3, 0.4) is 0 Å². The van der Waals surface area contributed by atoms with Crippen LogP contribution in [0.15, 0.2) is 48.5 Å². The highest BCUT2D eigenvalue weighted by atomic mass is 16.5. The molecule has 178 valence electrons. The predicted molar refractivity (Wildman–Crippen MR) is 127 cm³/mol. The summed E-state index contributed by atoms with van der Waals surface area (Å²) in [5.74, 6) is 0.0705. The molecule has 2 aromatic rings. The molecule has 4 atom stereocenters. The lowest BCUT2D eigenvalue weighted by Gasteiger charge is -2.42. The summed E-state index contributed by atoms with van der Waals surface area (Å²) in [6.45, 7) is 1.79. The molecule has 8 heteroatoms. The van der Waals surface area contributed by atoms with Crippen molar-refractivity contribution >= 4 is 29.2 Å². The van der Waals surface area contributed by atoms with Crippen LogP contribution in [0.5, 0.6) is 5.75 Å². The average Bonchev–Trinajstić information content (AvgIpc) is 3.23. The number of fused-ring (bicyclic) bond motifs is 3. The minimum Gasteiger partial charge on any atom is -0.497 e. The predicted octanol–water partition coefficient (Wildman–Crippen LogP) is 3.74. The van der Waals surface area contributed by atoms with Crippen molar-refractivity contribution in [2.45, 2.75) is 50.9 Å². The van der Waals surface area contributed by atoms with Gasteiger partial charge in [-0.3, -0.25) is 9.59 Å². The maximum Gasteiger partial charge on any atom is 0.332 e. The van der Waals surface area contributed by atoms with Crippen molar-refractivity contribution in [1.29, 1.82) is 0 Å². The van der Waals surface area contributed by atoms with Crippen LogP contribution in [0.25, 0.3) is 0 Å². The van der Waals surface area contributed by atoms with E-state index in [0.717, 1.165) is 31.2 Å². The fraction of sp³-hybridized carbons (Fsp3) is 0.423. The molecule has 34 heavy (non-hydrogen) atoms. The molecule has 3 fully saturated rings. The molecule has 4 amide bonds. The van der Waals surface area contributed by atoms with E-state index in [0.29, 0.717) is 17.1 Å². The fourth-order valence-electron chi connectivity index (χ4n) is 5.39. The van der Waals surface area contributed by atoms with E-state index in [1.807, 2.05) is 19.1 Å². The van der Waals surface area contributed by atoms with Crippen molar-refractivity contribution in [3.8, 4) is 5.75 Å². The van der Waals surface area contributed by atoms with E-state index in [4.69, 9.17) is 9.47 Å². The molecular weight excluding hydrogens is 434 g/mol. The van der Waals surface area contributed by atoms with Crippen molar-refractivity contribution < 1.29 is 23.9 Å². The Morgan fingerprint density at radius 1 is 1.06 bits per heavy atom. The van der Waals surface area contributed by atoms with E-state index in [9.17, 15) is 14.4 Å². The number of imide groups is 1. The van der Waals surface area contributed by atoms with E-state index >= 15 is 0 Å². The summed E-state index contributed by atoms with van der Waals surface area (Å²) in [5.41, 5.74) is 2.12. The molecule has 2 heterocycles. The zero-order valence-corrected chi connectivity index (χ0v) is 19.4. The van der Waals surface area contributed by atoms with Crippen LogP contribution in [0.1, 0.15) is 31.2 Å². The van der Waals surface area contributed by atoms with E-state index in [2.05, 4.69) is 5.32 Å². The zero-order chi connectivity index (χ0) is 23.8. The van der Waals surface area contributed by atoms with Crippen LogP contribution in [0.2, 0.25) is 0 Å². The first-order chi connectivity index (χ1) is 16.5. The van der Waals surface area contributed by atoms with Gasteiger partial charge in [0.05, 0.1) is 24.9 Å². The van der Waals surface area contributed by atoms with Gasteiger partial charge < -0.3 is 19.7 Å². The SMILES string of the molecule is COc1ccc(NC(=O)CN2C(=O)N(c3ccc(C)cc3)C(=O)C3OC4CCCCC4C32)cc1. The molecular formula is C26H29N3O5. The van der Waals surface area contributed by atoms with Gasteiger partial charge in [0.15, 0.2) is 6.10 Å². The number of amides is 4. The van der Waals surface area contributed by atoms with Gasteiger partial charge in [-0.25, -0.2) is 9.69 Å². The standard InChI is InChI=1S/C26H29N3O5/c1-16-7-11-18(12-8-16)29-25(31)24-23(20-5-3-4-6-21(20)34-24)28(26(29)32)15-22(30)27-17-9-13-19(33-2)14-10-17/h7-14,20-21,23-24H,3-6,15H2,1-2H3,(H,27,30). The quantitative estimate of drug-likeness (QED) is 0.730. The van der Waals surface area contributed by atoms with Crippen molar-refractivity contribution in [2.75, 3.05) is 23.9 Å². The zero-order valence-electron chi connectivity index (χ0n) is 19.4. The lowest BCUT2D eigenvalue weighted by molar-refractivity contribution is -0.133. The minimum atomic E-state index is -0.763. The van der Waals surface area contributed by atoms with Crippen molar-refractivity contribution in [3.05, 3.63) is 54.1 Å². The summed E-state index contributed by atoms with van der Waals surface area (Å²) in [6, 6.07) is 13.3. The molecule has 4 unspecified atom stereocenters. The van der Waals surface area contributed by atoms with Gasteiger partial charge in [0.25, 0.3) is 5.91 Å². The van der Waals surface area contributed by atoms with Crippen molar-refractivity contribution in [1.82, 2.24) is 4.90 Å². The summed E-state index contributed by atoms with van der Waals surface area (Å²) in [6.07, 6.45) is 3.00. The van der Waals surface area contributed by atoms with Crippen LogP contribution < -0.4 is 15.0 Å². The van der Waals surface area contributed by atoms with Gasteiger partial charge in [-0.05, 0) is 56.2 Å². The molecule has 1 saturated carbocycles. The van der Waals surface area contributed by atoms with Crippen LogP contribution in [-0.2, 0) is 14.3 Å². The van der Waals surface area contributed by atoms with Gasteiger partial charge in [0.2, 0.25) is 5.91 Å². The first-order valence-electron chi connectivity index (χ1n) is 11.8. The fourth-order valence-corrected chi connectivity index (χ4v) is 5.39. The van der Waals surface area contributed by atoms with Gasteiger partial charge in [-0.15, -0.1) is 0 Å². The summed E-state index contributed by atoms with van der Waals surface area (Å²) in [5, 5.41) is 2.85. The number of urea groups is 1. The smallest absolute Gasteiger partial charge is 0.332 e. The Labute approximate surface area is 198 Å². The maximum atomic E-state index is 13.7. The third-order valence-corrected chi connectivity index (χ3v) is 7.06. The van der Waals surface area contributed by atoms with Gasteiger partial charge in [-0.1, -0.05) is 30.5 Å². The van der Waals surface area contributed by atoms with Crippen LogP contribution in [0.4, 0.5) is 16.2 Å². The number of anilines is 2. The molecule has 2 saturated heterocycles. The summed E-state index contributed by atoms with van der Waals surface area (Å²) in [4.78, 5) is 42.9. The van der Waals surface area contributed by atoms with Crippen LogP contribution >= 0.6 is 0 Å². The summed E-state index contributed by atoms with van der Waals surface area (Å²) >= 11 is 0. The lowest BCUT2D eigenvalue weighted by atomic mass is 9.81. The Morgan fingerprint density at radius 2 is 1.76 bits per heavy atom. The normalized spacial score (nSPS) is 26.2. The molecule has 0 spiro atoms. The molecule has 1 aliphatic carbocycles. The molecule has 8 nitrogen and oxygen atoms in total. The monoisotopic (exact) mass is 463 g/mol. The van der Waals surface area contributed by atoms with Gasteiger partial charge in [0.1, 0.15) is 12.3 Å². The van der Waals surface area contributed by atoms with Crippen LogP contribution in [0, 0.1) is 12.8 Å². The Bertz CT molecular complexity index is 1080. The summed E-state index contributed by atoms with van der Waals surface area (Å²) in [7, 11) is 1.58. The van der Waals surface area contributed by atoms with Gasteiger partial charge >= 0.3 is 6.03 Å². The highest BCUT2D eigenvalue weighted by Gasteiger charge is 2.58. The second-order valence-electron chi connectivity index (χ2n) is 9.23. The number of carbonyl (C=O) groups excluding carboxylic acids is 3. The van der Waals surface area contributed by atoms with E-state index < -0.39 is 18.2 Å². The van der Waals surface area contributed by atoms with E-state index in [1.54, 1.807) is 48.4 Å². The van der Waals surface area contributed by atoms with E-state index in [1.165, 1.54) is 4.90 Å².